The summed E-state index contributed by atoms with van der Waals surface area (Å²) in [6.07, 6.45) is 8.35. The van der Waals surface area contributed by atoms with Gasteiger partial charge >= 0.3 is 11.9 Å². The minimum Gasteiger partial charge on any atom is -0.468 e. The number of ether oxygens (including phenoxy) is 3. The molecule has 1 aliphatic rings. The molecule has 2 heterocycles. The molecule has 3 aromatic rings. The van der Waals surface area contributed by atoms with Crippen molar-refractivity contribution >= 4 is 46.9 Å². The molecular weight excluding hydrogens is 575 g/mol. The molecule has 2 atom stereocenters. The molecule has 42 heavy (non-hydrogen) atoms. The summed E-state index contributed by atoms with van der Waals surface area (Å²) in [4.78, 5) is 34.7. The van der Waals surface area contributed by atoms with Gasteiger partial charge in [-0.1, -0.05) is 77.8 Å². The number of pyridine rings is 1. The molecule has 9 heteroatoms. The Bertz CT molecular complexity index is 1500. The van der Waals surface area contributed by atoms with Crippen LogP contribution in [-0.4, -0.2) is 49.6 Å². The maximum Gasteiger partial charge on any atom is 0.336 e. The van der Waals surface area contributed by atoms with Gasteiger partial charge in [-0.3, -0.25) is 14.8 Å². The highest BCUT2D eigenvalue weighted by Crippen LogP contribution is 2.44. The van der Waals surface area contributed by atoms with Gasteiger partial charge in [0.15, 0.2) is 0 Å². The Morgan fingerprint density at radius 3 is 2.48 bits per heavy atom. The SMILES string of the molecule is COC(=O)C1C(C)=NC(C)=C(C(=O)OCCOCC=Cc2ccc(Cc3cccnc3)cc2)C1c1cccc(Cl)c1Cl. The lowest BCUT2D eigenvalue weighted by atomic mass is 9.75. The number of allylic oxidation sites excluding steroid dienone is 1. The van der Waals surface area contributed by atoms with E-state index in [4.69, 9.17) is 37.4 Å². The first-order valence-corrected chi connectivity index (χ1v) is 14.2. The first-order chi connectivity index (χ1) is 20.3. The van der Waals surface area contributed by atoms with E-state index in [0.717, 1.165) is 12.0 Å². The van der Waals surface area contributed by atoms with Gasteiger partial charge in [0.25, 0.3) is 0 Å². The topological polar surface area (TPSA) is 87.1 Å². The Kier molecular flexibility index (Phi) is 11.1. The molecule has 218 valence electrons. The largest absolute Gasteiger partial charge is 0.468 e. The standard InChI is InChI=1S/C33H32Cl2N2O5/c1-21-28(32(38)40-3)30(26-9-4-10-27(34)31(26)35)29(22(2)37-21)33(39)42-18-17-41-16-6-8-23-11-13-24(14-12-23)19-25-7-5-15-36-20-25/h4-15,20,28,30H,16-19H2,1-3H3. The number of aromatic nitrogens is 1. The molecule has 0 fully saturated rings. The average molecular weight is 608 g/mol. The number of carbonyl (C=O) groups excluding carboxylic acids is 2. The summed E-state index contributed by atoms with van der Waals surface area (Å²) in [6, 6.07) is 17.4. The summed E-state index contributed by atoms with van der Waals surface area (Å²) in [7, 11) is 1.29. The Balaban J connectivity index is 1.33. The summed E-state index contributed by atoms with van der Waals surface area (Å²) in [5.41, 5.74) is 5.13. The number of hydrogen-bond donors (Lipinski definition) is 0. The number of rotatable bonds is 11. The van der Waals surface area contributed by atoms with Crippen molar-refractivity contribution in [1.29, 1.82) is 0 Å². The fourth-order valence-electron chi connectivity index (χ4n) is 4.92. The Morgan fingerprint density at radius 2 is 1.76 bits per heavy atom. The van der Waals surface area contributed by atoms with Crippen molar-refractivity contribution in [3.05, 3.63) is 117 Å². The molecule has 1 aromatic heterocycles. The highest BCUT2D eigenvalue weighted by atomic mass is 35.5. The minimum absolute atomic E-state index is 0.0219. The second-order valence-electron chi connectivity index (χ2n) is 9.77. The number of benzene rings is 2. The van der Waals surface area contributed by atoms with Gasteiger partial charge in [0, 0.05) is 29.7 Å². The third-order valence-electron chi connectivity index (χ3n) is 6.92. The fourth-order valence-corrected chi connectivity index (χ4v) is 5.35. The lowest BCUT2D eigenvalue weighted by molar-refractivity contribution is -0.144. The van der Waals surface area contributed by atoms with Crippen LogP contribution in [-0.2, 0) is 30.2 Å². The van der Waals surface area contributed by atoms with Crippen molar-refractivity contribution in [3.8, 4) is 0 Å². The molecule has 7 nitrogen and oxygen atoms in total. The molecular formula is C33H32Cl2N2O5. The number of esters is 2. The van der Waals surface area contributed by atoms with E-state index in [-0.39, 0.29) is 23.8 Å². The average Bonchev–Trinajstić information content (AvgIpc) is 2.98. The number of halogens is 2. The number of hydrogen-bond acceptors (Lipinski definition) is 7. The van der Waals surface area contributed by atoms with E-state index in [2.05, 4.69) is 40.3 Å². The summed E-state index contributed by atoms with van der Waals surface area (Å²) in [6.45, 7) is 3.99. The second-order valence-corrected chi connectivity index (χ2v) is 10.6. The van der Waals surface area contributed by atoms with Crippen molar-refractivity contribution in [1.82, 2.24) is 4.98 Å². The maximum absolute atomic E-state index is 13.3. The second kappa shape index (κ2) is 14.9. The van der Waals surface area contributed by atoms with E-state index in [9.17, 15) is 9.59 Å². The third-order valence-corrected chi connectivity index (χ3v) is 7.75. The predicted octanol–water partition coefficient (Wildman–Crippen LogP) is 6.87. The zero-order valence-electron chi connectivity index (χ0n) is 23.7. The first-order valence-electron chi connectivity index (χ1n) is 13.5. The van der Waals surface area contributed by atoms with Crippen LogP contribution in [0.5, 0.6) is 0 Å². The van der Waals surface area contributed by atoms with E-state index in [1.54, 1.807) is 38.2 Å². The molecule has 0 saturated carbocycles. The van der Waals surface area contributed by atoms with E-state index >= 15 is 0 Å². The minimum atomic E-state index is -0.858. The van der Waals surface area contributed by atoms with Crippen molar-refractivity contribution in [2.24, 2.45) is 10.9 Å². The van der Waals surface area contributed by atoms with Gasteiger partial charge in [-0.15, -0.1) is 0 Å². The van der Waals surface area contributed by atoms with Gasteiger partial charge in [-0.25, -0.2) is 4.79 Å². The van der Waals surface area contributed by atoms with E-state index in [1.807, 2.05) is 24.4 Å². The van der Waals surface area contributed by atoms with Crippen LogP contribution in [0, 0.1) is 5.92 Å². The van der Waals surface area contributed by atoms with Gasteiger partial charge in [0.2, 0.25) is 0 Å². The fraction of sp³-hybridized carbons (Fsp3) is 0.273. The van der Waals surface area contributed by atoms with Crippen LogP contribution in [0.2, 0.25) is 10.0 Å². The molecule has 2 aromatic carbocycles. The summed E-state index contributed by atoms with van der Waals surface area (Å²) >= 11 is 12.8. The normalized spacial score (nSPS) is 16.8. The van der Waals surface area contributed by atoms with Crippen LogP contribution in [0.4, 0.5) is 0 Å². The van der Waals surface area contributed by atoms with Gasteiger partial charge in [-0.05, 0) is 54.7 Å². The zero-order valence-corrected chi connectivity index (χ0v) is 25.2. The molecule has 0 spiro atoms. The molecule has 0 bridgehead atoms. The van der Waals surface area contributed by atoms with E-state index in [0.29, 0.717) is 28.6 Å². The predicted molar refractivity (Wildman–Crippen MR) is 165 cm³/mol. The Labute approximate surface area is 255 Å². The van der Waals surface area contributed by atoms with Crippen LogP contribution in [0.1, 0.15) is 42.0 Å². The zero-order chi connectivity index (χ0) is 30.1. The lowest BCUT2D eigenvalue weighted by Crippen LogP contribution is -2.36. The summed E-state index contributed by atoms with van der Waals surface area (Å²) in [5, 5.41) is 0.564. The third kappa shape index (κ3) is 7.73. The summed E-state index contributed by atoms with van der Waals surface area (Å²) < 4.78 is 16.2. The molecule has 2 unspecified atom stereocenters. The van der Waals surface area contributed by atoms with Crippen molar-refractivity contribution in [2.75, 3.05) is 26.9 Å². The van der Waals surface area contributed by atoms with Gasteiger partial charge < -0.3 is 14.2 Å². The molecule has 0 saturated heterocycles. The molecule has 0 amide bonds. The maximum atomic E-state index is 13.3. The number of carbonyl (C=O) groups is 2. The monoisotopic (exact) mass is 606 g/mol. The molecule has 0 aliphatic carbocycles. The molecule has 4 rings (SSSR count). The van der Waals surface area contributed by atoms with E-state index in [1.165, 1.54) is 18.2 Å². The van der Waals surface area contributed by atoms with Gasteiger partial charge in [0.1, 0.15) is 12.5 Å². The Morgan fingerprint density at radius 1 is 0.976 bits per heavy atom. The molecule has 1 aliphatic heterocycles. The van der Waals surface area contributed by atoms with Crippen LogP contribution in [0.15, 0.2) is 89.3 Å². The lowest BCUT2D eigenvalue weighted by Gasteiger charge is -2.31. The number of nitrogens with zero attached hydrogens (tertiary/aromatic N) is 2. The summed E-state index contributed by atoms with van der Waals surface area (Å²) in [5.74, 6) is -2.77. The smallest absolute Gasteiger partial charge is 0.336 e. The van der Waals surface area contributed by atoms with E-state index < -0.39 is 23.8 Å². The molecule has 0 radical (unpaired) electrons. The van der Waals surface area contributed by atoms with Crippen molar-refractivity contribution in [3.63, 3.8) is 0 Å². The van der Waals surface area contributed by atoms with Crippen LogP contribution < -0.4 is 0 Å². The van der Waals surface area contributed by atoms with Gasteiger partial charge in [-0.2, -0.15) is 0 Å². The Hall–Kier alpha value is -3.78. The van der Waals surface area contributed by atoms with Gasteiger partial charge in [0.05, 0.1) is 35.9 Å². The van der Waals surface area contributed by atoms with Crippen LogP contribution in [0.3, 0.4) is 0 Å². The number of methoxy groups -OCH3 is 1. The first kappa shape index (κ1) is 31.2. The highest BCUT2D eigenvalue weighted by Gasteiger charge is 2.43. The van der Waals surface area contributed by atoms with Crippen LogP contribution in [0.25, 0.3) is 6.08 Å². The highest BCUT2D eigenvalue weighted by molar-refractivity contribution is 6.42. The number of aliphatic imine (C=N–C) groups is 1. The van der Waals surface area contributed by atoms with Crippen molar-refractivity contribution < 1.29 is 23.8 Å². The van der Waals surface area contributed by atoms with Crippen LogP contribution >= 0.6 is 23.2 Å². The quantitative estimate of drug-likeness (QED) is 0.175. The van der Waals surface area contributed by atoms with Crippen molar-refractivity contribution in [2.45, 2.75) is 26.2 Å². The molecule has 0 N–H and O–H groups in total.